The molecule has 3 aromatic rings. The van der Waals surface area contributed by atoms with Crippen LogP contribution in [0.5, 0.6) is 0 Å². The predicted octanol–water partition coefficient (Wildman–Crippen LogP) is 3.51. The number of benzene rings is 1. The van der Waals surface area contributed by atoms with Crippen molar-refractivity contribution in [2.45, 2.75) is 13.3 Å². The Morgan fingerprint density at radius 1 is 1.17 bits per heavy atom. The molecule has 4 nitrogen and oxygen atoms in total. The lowest BCUT2D eigenvalue weighted by Crippen LogP contribution is -2.06. The Labute approximate surface area is 138 Å². The van der Waals surface area contributed by atoms with Gasteiger partial charge in [0.25, 0.3) is 0 Å². The van der Waals surface area contributed by atoms with Gasteiger partial charge in [-0.3, -0.25) is 14.6 Å². The fourth-order valence-electron chi connectivity index (χ4n) is 2.53. The molecule has 3 rings (SSSR count). The number of aromatic nitrogens is 2. The number of carbonyl (C=O) groups excluding carboxylic acids is 2. The van der Waals surface area contributed by atoms with Crippen LogP contribution >= 0.6 is 0 Å². The maximum absolute atomic E-state index is 13.9. The van der Waals surface area contributed by atoms with Gasteiger partial charge in [-0.05, 0) is 42.3 Å². The normalized spacial score (nSPS) is 10.6. The molecule has 0 aliphatic heterocycles. The van der Waals surface area contributed by atoms with Crippen LogP contribution in [0.25, 0.3) is 0 Å². The molecule has 0 aliphatic rings. The Balaban J connectivity index is 1.83. The molecule has 2 heterocycles. The van der Waals surface area contributed by atoms with E-state index >= 15 is 0 Å². The smallest absolute Gasteiger partial charge is 0.197 e. The Bertz CT molecular complexity index is 880. The zero-order valence-electron chi connectivity index (χ0n) is 13.0. The second kappa shape index (κ2) is 6.58. The fourth-order valence-corrected chi connectivity index (χ4v) is 2.53. The first-order valence-electron chi connectivity index (χ1n) is 7.46. The number of pyridine rings is 1. The van der Waals surface area contributed by atoms with Crippen molar-refractivity contribution in [3.8, 4) is 0 Å². The van der Waals surface area contributed by atoms with Gasteiger partial charge >= 0.3 is 0 Å². The molecule has 120 valence electrons. The van der Waals surface area contributed by atoms with E-state index < -0.39 is 11.6 Å². The van der Waals surface area contributed by atoms with Crippen LogP contribution in [-0.4, -0.2) is 21.5 Å². The van der Waals surface area contributed by atoms with Gasteiger partial charge in [-0.15, -0.1) is 0 Å². The highest BCUT2D eigenvalue weighted by molar-refractivity contribution is 6.11. The number of hydrogen-bond donors (Lipinski definition) is 1. The lowest BCUT2D eigenvalue weighted by Gasteiger charge is -2.04. The third-order valence-corrected chi connectivity index (χ3v) is 3.81. The lowest BCUT2D eigenvalue weighted by molar-refractivity contribution is 0.0988. The monoisotopic (exact) mass is 322 g/mol. The summed E-state index contributed by atoms with van der Waals surface area (Å²) >= 11 is 0. The van der Waals surface area contributed by atoms with E-state index in [4.69, 9.17) is 0 Å². The van der Waals surface area contributed by atoms with E-state index in [1.807, 2.05) is 0 Å². The molecular weight excluding hydrogens is 307 g/mol. The van der Waals surface area contributed by atoms with Crippen molar-refractivity contribution in [3.05, 3.63) is 88.8 Å². The quantitative estimate of drug-likeness (QED) is 0.731. The second-order valence-electron chi connectivity index (χ2n) is 5.52. The summed E-state index contributed by atoms with van der Waals surface area (Å²) in [5.41, 5.74) is 2.02. The maximum Gasteiger partial charge on any atom is 0.197 e. The molecule has 0 spiro atoms. The maximum atomic E-state index is 13.9. The van der Waals surface area contributed by atoms with E-state index in [1.165, 1.54) is 18.3 Å². The van der Waals surface area contributed by atoms with Gasteiger partial charge in [0.2, 0.25) is 0 Å². The first-order chi connectivity index (χ1) is 11.6. The molecule has 0 bridgehead atoms. The van der Waals surface area contributed by atoms with Crippen LogP contribution < -0.4 is 0 Å². The van der Waals surface area contributed by atoms with Crippen molar-refractivity contribution >= 4 is 11.6 Å². The molecular formula is C19H15FN2O2. The summed E-state index contributed by atoms with van der Waals surface area (Å²) in [7, 11) is 0. The first-order valence-corrected chi connectivity index (χ1v) is 7.46. The Morgan fingerprint density at radius 3 is 2.62 bits per heavy atom. The molecule has 0 aliphatic carbocycles. The van der Waals surface area contributed by atoms with Crippen molar-refractivity contribution in [2.24, 2.45) is 0 Å². The summed E-state index contributed by atoms with van der Waals surface area (Å²) in [5, 5.41) is 0. The predicted molar refractivity (Wildman–Crippen MR) is 87.6 cm³/mol. The summed E-state index contributed by atoms with van der Waals surface area (Å²) in [6.07, 6.45) is 4.88. The lowest BCUT2D eigenvalue weighted by atomic mass is 10.00. The molecule has 24 heavy (non-hydrogen) atoms. The second-order valence-corrected chi connectivity index (χ2v) is 5.52. The van der Waals surface area contributed by atoms with Crippen LogP contribution in [0, 0.1) is 12.7 Å². The van der Waals surface area contributed by atoms with Crippen LogP contribution in [0.2, 0.25) is 0 Å². The molecule has 1 aromatic carbocycles. The number of ketones is 2. The Hall–Kier alpha value is -3.08. The Kier molecular flexibility index (Phi) is 4.33. The van der Waals surface area contributed by atoms with Crippen molar-refractivity contribution in [1.29, 1.82) is 0 Å². The number of Topliss-reactive ketones (excluding diaryl/α,β-unsaturated/α-hetero) is 1. The van der Waals surface area contributed by atoms with Gasteiger partial charge in [0, 0.05) is 30.6 Å². The average molecular weight is 322 g/mol. The van der Waals surface area contributed by atoms with Crippen LogP contribution in [0.4, 0.5) is 4.39 Å². The SMILES string of the molecule is Cc1cccc(F)c1C(=O)c1c[nH]c(C(=O)Cc2ccncc2)c1. The van der Waals surface area contributed by atoms with Gasteiger partial charge in [0.15, 0.2) is 11.6 Å². The summed E-state index contributed by atoms with van der Waals surface area (Å²) < 4.78 is 13.9. The fraction of sp³-hybridized carbons (Fsp3) is 0.105. The topological polar surface area (TPSA) is 62.8 Å². The number of nitrogens with zero attached hydrogens (tertiary/aromatic N) is 1. The Morgan fingerprint density at radius 2 is 1.92 bits per heavy atom. The third-order valence-electron chi connectivity index (χ3n) is 3.81. The van der Waals surface area contributed by atoms with Gasteiger partial charge in [-0.25, -0.2) is 4.39 Å². The molecule has 2 aromatic heterocycles. The number of nitrogens with one attached hydrogen (secondary N) is 1. The van der Waals surface area contributed by atoms with Gasteiger partial charge in [-0.1, -0.05) is 12.1 Å². The molecule has 0 saturated heterocycles. The highest BCUT2D eigenvalue weighted by Gasteiger charge is 2.19. The van der Waals surface area contributed by atoms with Gasteiger partial charge < -0.3 is 4.98 Å². The van der Waals surface area contributed by atoms with Crippen molar-refractivity contribution < 1.29 is 14.0 Å². The van der Waals surface area contributed by atoms with Crippen LogP contribution in [0.1, 0.15) is 37.5 Å². The van der Waals surface area contributed by atoms with E-state index in [9.17, 15) is 14.0 Å². The largest absolute Gasteiger partial charge is 0.358 e. The minimum absolute atomic E-state index is 0.0321. The van der Waals surface area contributed by atoms with E-state index in [1.54, 1.807) is 43.6 Å². The van der Waals surface area contributed by atoms with Crippen molar-refractivity contribution in [3.63, 3.8) is 0 Å². The van der Waals surface area contributed by atoms with Crippen LogP contribution in [0.3, 0.4) is 0 Å². The van der Waals surface area contributed by atoms with E-state index in [0.29, 0.717) is 11.3 Å². The zero-order chi connectivity index (χ0) is 17.1. The zero-order valence-corrected chi connectivity index (χ0v) is 13.0. The van der Waals surface area contributed by atoms with Gasteiger partial charge in [0.1, 0.15) is 5.82 Å². The summed E-state index contributed by atoms with van der Waals surface area (Å²) in [5.74, 6) is -1.15. The molecule has 5 heteroatoms. The number of aryl methyl sites for hydroxylation is 1. The highest BCUT2D eigenvalue weighted by atomic mass is 19.1. The van der Waals surface area contributed by atoms with Crippen LogP contribution in [0.15, 0.2) is 55.0 Å². The standard InChI is InChI=1S/C19H15FN2O2/c1-12-3-2-4-15(20)18(12)19(24)14-10-16(22-11-14)17(23)9-13-5-7-21-8-6-13/h2-8,10-11,22H,9H2,1H3. The van der Waals surface area contributed by atoms with Gasteiger partial charge in [-0.2, -0.15) is 0 Å². The molecule has 0 saturated carbocycles. The van der Waals surface area contributed by atoms with Gasteiger partial charge in [0.05, 0.1) is 11.3 Å². The minimum Gasteiger partial charge on any atom is -0.358 e. The van der Waals surface area contributed by atoms with Crippen molar-refractivity contribution in [1.82, 2.24) is 9.97 Å². The van der Waals surface area contributed by atoms with E-state index in [-0.39, 0.29) is 23.3 Å². The first kappa shape index (κ1) is 15.8. The number of rotatable bonds is 5. The number of aromatic amines is 1. The van der Waals surface area contributed by atoms with Crippen LogP contribution in [-0.2, 0) is 6.42 Å². The molecule has 1 N–H and O–H groups in total. The summed E-state index contributed by atoms with van der Waals surface area (Å²) in [4.78, 5) is 31.5. The number of halogens is 1. The van der Waals surface area contributed by atoms with E-state index in [0.717, 1.165) is 5.56 Å². The average Bonchev–Trinajstić information content (AvgIpc) is 3.05. The number of H-pyrrole nitrogens is 1. The molecule has 0 atom stereocenters. The number of hydrogen-bond acceptors (Lipinski definition) is 3. The molecule has 0 fully saturated rings. The van der Waals surface area contributed by atoms with E-state index in [2.05, 4.69) is 9.97 Å². The van der Waals surface area contributed by atoms with Crippen molar-refractivity contribution in [2.75, 3.05) is 0 Å². The molecule has 0 amide bonds. The highest BCUT2D eigenvalue weighted by Crippen LogP contribution is 2.19. The third kappa shape index (κ3) is 3.15. The summed E-state index contributed by atoms with van der Waals surface area (Å²) in [6, 6.07) is 9.48. The summed E-state index contributed by atoms with van der Waals surface area (Å²) in [6.45, 7) is 1.68. The molecule has 0 radical (unpaired) electrons. The molecule has 0 unspecified atom stereocenters. The minimum atomic E-state index is -0.564. The number of carbonyl (C=O) groups is 2.